The summed E-state index contributed by atoms with van der Waals surface area (Å²) in [5.41, 5.74) is -4.84. The van der Waals surface area contributed by atoms with E-state index in [4.69, 9.17) is 33.5 Å². The maximum absolute atomic E-state index is 14.1. The van der Waals surface area contributed by atoms with Crippen LogP contribution in [-0.2, 0) is 52.3 Å². The van der Waals surface area contributed by atoms with Gasteiger partial charge in [0, 0.05) is 50.2 Å². The van der Waals surface area contributed by atoms with Crippen LogP contribution in [0.4, 0.5) is 0 Å². The summed E-state index contributed by atoms with van der Waals surface area (Å²) in [5.74, 6) is -6.18. The Balaban J connectivity index is 0.000000988. The standard InChI is InChI=1S/C37H67NO13.C8H12O4/c1-14-25-37(10,45)30(41)20(4)27(39)18(2)16-35(8,44)32(51-34-28(40)24(38(11)12)15-19(3)47-34)21(5)29(22(6)33(43)49-25)50-26-17-36(9,46-13)31(42)23(7)48-26;1-2-12-8(11)6-4-3-5-7(9)10/h18-26,28-32,34,40-42,44-45H,14-17H2,1-13H3;2H,1,3-6H2,(H,9,10)/t18-,19-,20+,21+,22-,23+,24+,25-,26+,28-,29+,30-,31+,32-,34+,35-,36-,37-;/m1./s1. The van der Waals surface area contributed by atoms with E-state index in [-0.39, 0.29) is 50.2 Å². The third kappa shape index (κ3) is 14.9. The van der Waals surface area contributed by atoms with Gasteiger partial charge >= 0.3 is 17.9 Å². The number of hydrogen-bond acceptors (Lipinski definition) is 17. The largest absolute Gasteiger partial charge is 0.481 e. The quantitative estimate of drug-likeness (QED) is 0.0882. The van der Waals surface area contributed by atoms with Gasteiger partial charge in [-0.3, -0.25) is 19.2 Å². The maximum atomic E-state index is 14.1. The molecule has 6 N–H and O–H groups in total. The van der Waals surface area contributed by atoms with Gasteiger partial charge in [0.05, 0.1) is 53.9 Å². The van der Waals surface area contributed by atoms with Crippen LogP contribution in [0.5, 0.6) is 0 Å². The number of nitrogens with zero attached hydrogens (tertiary/aromatic N) is 1. The maximum Gasteiger partial charge on any atom is 0.311 e. The van der Waals surface area contributed by atoms with Crippen molar-refractivity contribution >= 4 is 23.7 Å². The Bertz CT molecular complexity index is 1490. The van der Waals surface area contributed by atoms with E-state index in [9.17, 15) is 44.7 Å². The number of likely N-dealkylation sites (N-methyl/N-ethyl adjacent to an activating group) is 1. The summed E-state index contributed by atoms with van der Waals surface area (Å²) in [6, 6.07) is -0.324. The average molecular weight is 906 g/mol. The monoisotopic (exact) mass is 906 g/mol. The van der Waals surface area contributed by atoms with Crippen molar-refractivity contribution in [2.24, 2.45) is 23.7 Å². The summed E-state index contributed by atoms with van der Waals surface area (Å²) in [6.45, 7) is 19.6. The number of aliphatic hydroxyl groups excluding tert-OH is 3. The van der Waals surface area contributed by atoms with Crippen molar-refractivity contribution in [3.63, 3.8) is 0 Å². The molecular formula is C45H79NO17. The number of methoxy groups -OCH3 is 1. The lowest BCUT2D eigenvalue weighted by atomic mass is 9.74. The molecule has 0 aliphatic carbocycles. The highest BCUT2D eigenvalue weighted by molar-refractivity contribution is 5.83. The minimum absolute atomic E-state index is 0.0936. The van der Waals surface area contributed by atoms with Crippen molar-refractivity contribution in [3.8, 4) is 0 Å². The van der Waals surface area contributed by atoms with E-state index in [1.54, 1.807) is 41.5 Å². The van der Waals surface area contributed by atoms with Crippen LogP contribution in [0.15, 0.2) is 12.8 Å². The molecule has 3 heterocycles. The summed E-state index contributed by atoms with van der Waals surface area (Å²) in [6.07, 6.45) is -7.25. The van der Waals surface area contributed by atoms with E-state index in [2.05, 4.69) is 11.3 Å². The van der Waals surface area contributed by atoms with Crippen molar-refractivity contribution in [1.29, 1.82) is 0 Å². The number of rotatable bonds is 13. The van der Waals surface area contributed by atoms with E-state index in [1.165, 1.54) is 27.9 Å². The minimum Gasteiger partial charge on any atom is -0.481 e. The van der Waals surface area contributed by atoms with Crippen LogP contribution in [0, 0.1) is 23.7 Å². The van der Waals surface area contributed by atoms with Crippen LogP contribution in [-0.4, -0.2) is 165 Å². The second-order valence-corrected chi connectivity index (χ2v) is 18.7. The summed E-state index contributed by atoms with van der Waals surface area (Å²) in [5, 5.41) is 65.9. The van der Waals surface area contributed by atoms with Gasteiger partial charge in [-0.1, -0.05) is 34.3 Å². The topological polar surface area (TPSA) is 258 Å². The van der Waals surface area contributed by atoms with Crippen LogP contribution in [0.3, 0.4) is 0 Å². The molecule has 18 nitrogen and oxygen atoms in total. The number of ketones is 1. The molecule has 0 aromatic heterocycles. The molecule has 3 rings (SSSR count). The number of aliphatic hydroxyl groups is 5. The Kier molecular flexibility index (Phi) is 21.7. The normalized spacial score (nSPS) is 42.0. The smallest absolute Gasteiger partial charge is 0.311 e. The molecule has 0 amide bonds. The number of ether oxygens (including phenoxy) is 7. The number of unbranched alkanes of at least 4 members (excludes halogenated alkanes) is 1. The fraction of sp³-hybridized carbons (Fsp3) is 0.867. The van der Waals surface area contributed by atoms with Crippen LogP contribution < -0.4 is 0 Å². The number of carboxylic acid groups (broad SMARTS) is 1. The second-order valence-electron chi connectivity index (χ2n) is 18.7. The molecule has 0 unspecified atom stereocenters. The third-order valence-corrected chi connectivity index (χ3v) is 13.1. The Labute approximate surface area is 373 Å². The molecule has 0 aromatic carbocycles. The predicted molar refractivity (Wildman–Crippen MR) is 229 cm³/mol. The van der Waals surface area contributed by atoms with Crippen LogP contribution in [0.2, 0.25) is 0 Å². The van der Waals surface area contributed by atoms with Crippen molar-refractivity contribution in [2.75, 3.05) is 21.2 Å². The van der Waals surface area contributed by atoms with Gasteiger partial charge in [-0.05, 0) is 87.7 Å². The summed E-state index contributed by atoms with van der Waals surface area (Å²) < 4.78 is 41.5. The zero-order valence-corrected chi connectivity index (χ0v) is 39.7. The zero-order chi connectivity index (χ0) is 48.4. The van der Waals surface area contributed by atoms with Crippen molar-refractivity contribution in [3.05, 3.63) is 12.8 Å². The Hall–Kier alpha value is -2.62. The van der Waals surface area contributed by atoms with Gasteiger partial charge < -0.3 is 68.7 Å². The van der Waals surface area contributed by atoms with Crippen LogP contribution >= 0.6 is 0 Å². The third-order valence-electron chi connectivity index (χ3n) is 13.1. The van der Waals surface area contributed by atoms with Gasteiger partial charge in [-0.2, -0.15) is 0 Å². The van der Waals surface area contributed by atoms with Gasteiger partial charge in [0.25, 0.3) is 0 Å². The summed E-state index contributed by atoms with van der Waals surface area (Å²) >= 11 is 0. The first-order valence-corrected chi connectivity index (χ1v) is 22.2. The molecule has 0 aromatic rings. The Morgan fingerprint density at radius 2 is 1.51 bits per heavy atom. The first-order chi connectivity index (χ1) is 29.1. The molecule has 0 radical (unpaired) electrons. The molecule has 3 fully saturated rings. The molecule has 18 atom stereocenters. The number of cyclic esters (lactones) is 1. The van der Waals surface area contributed by atoms with Gasteiger partial charge in [-0.25, -0.2) is 0 Å². The first kappa shape index (κ1) is 56.5. The molecule has 0 saturated carbocycles. The molecule has 3 saturated heterocycles. The first-order valence-electron chi connectivity index (χ1n) is 22.2. The fourth-order valence-corrected chi connectivity index (χ4v) is 9.11. The molecule has 0 spiro atoms. The SMILES string of the molecule is C=COC(=O)CCCCC(=O)O.CC[C@H]1OC(=O)[C@H](C)[C@@H](O[C@H]2C[C@@](C)(OC)[C@@H](O)[C@H](C)O2)[C@H](C)[C@@H](O[C@@H]2O[C@H](C)C[C@H](N(C)C)[C@H]2O)[C@](C)(O)C[C@@H](C)C(=O)[C@H](C)[C@@H](O)[C@]1(C)O. The van der Waals surface area contributed by atoms with Gasteiger partial charge in [0.2, 0.25) is 0 Å². The fourth-order valence-electron chi connectivity index (χ4n) is 9.11. The molecule has 0 bridgehead atoms. The minimum atomic E-state index is -1.99. The number of carbonyl (C=O) groups is 4. The second kappa shape index (κ2) is 24.2. The van der Waals surface area contributed by atoms with Crippen LogP contribution in [0.1, 0.15) is 121 Å². The van der Waals surface area contributed by atoms with E-state index in [0.717, 1.165) is 6.26 Å². The zero-order valence-electron chi connectivity index (χ0n) is 39.7. The molecule has 366 valence electrons. The molecule has 63 heavy (non-hydrogen) atoms. The van der Waals surface area contributed by atoms with Gasteiger partial charge in [-0.15, -0.1) is 0 Å². The van der Waals surface area contributed by atoms with Gasteiger partial charge in [0.1, 0.15) is 29.7 Å². The molecular weight excluding hydrogens is 826 g/mol. The average Bonchev–Trinajstić information content (AvgIpc) is 3.20. The lowest BCUT2D eigenvalue weighted by Gasteiger charge is -2.49. The summed E-state index contributed by atoms with van der Waals surface area (Å²) in [4.78, 5) is 50.4. The van der Waals surface area contributed by atoms with E-state index in [1.807, 2.05) is 25.9 Å². The highest BCUT2D eigenvalue weighted by Gasteiger charge is 2.53. The van der Waals surface area contributed by atoms with E-state index >= 15 is 0 Å². The van der Waals surface area contributed by atoms with Crippen LogP contribution in [0.25, 0.3) is 0 Å². The number of esters is 2. The lowest BCUT2D eigenvalue weighted by Crippen LogP contribution is -2.61. The number of carboxylic acids is 1. The molecule has 3 aliphatic rings. The number of hydrogen-bond donors (Lipinski definition) is 6. The number of aliphatic carboxylic acids is 1. The van der Waals surface area contributed by atoms with E-state index in [0.29, 0.717) is 19.3 Å². The Morgan fingerprint density at radius 1 is 0.905 bits per heavy atom. The highest BCUT2D eigenvalue weighted by atomic mass is 16.7. The highest BCUT2D eigenvalue weighted by Crippen LogP contribution is 2.41. The molecule has 18 heteroatoms. The van der Waals surface area contributed by atoms with Gasteiger partial charge in [0.15, 0.2) is 12.6 Å². The predicted octanol–water partition coefficient (Wildman–Crippen LogP) is 3.10. The van der Waals surface area contributed by atoms with E-state index < -0.39 is 114 Å². The molecule has 3 aliphatic heterocycles. The number of Topliss-reactive ketones (excluding diaryl/α,β-unsaturated/α-hetero) is 1. The van der Waals surface area contributed by atoms with Crippen molar-refractivity contribution in [2.45, 2.75) is 205 Å². The number of carbonyl (C=O) groups excluding carboxylic acids is 3. The summed E-state index contributed by atoms with van der Waals surface area (Å²) in [7, 11) is 5.18. The van der Waals surface area contributed by atoms with Crippen molar-refractivity contribution in [1.82, 2.24) is 4.90 Å². The lowest BCUT2D eigenvalue weighted by molar-refractivity contribution is -0.318. The Morgan fingerprint density at radius 3 is 2.05 bits per heavy atom. The van der Waals surface area contributed by atoms with Crippen molar-refractivity contribution < 1.29 is 83.0 Å².